The molecule has 4 atom stereocenters. The van der Waals surface area contributed by atoms with Gasteiger partial charge in [-0.3, -0.25) is 9.80 Å². The third-order valence-corrected chi connectivity index (χ3v) is 11.7. The van der Waals surface area contributed by atoms with Crippen molar-refractivity contribution in [2.75, 3.05) is 33.9 Å². The molecule has 0 spiro atoms. The fourth-order valence-corrected chi connectivity index (χ4v) is 8.65. The van der Waals surface area contributed by atoms with Gasteiger partial charge in [0.15, 0.2) is 0 Å². The van der Waals surface area contributed by atoms with Crippen LogP contribution in [0.5, 0.6) is 23.3 Å². The summed E-state index contributed by atoms with van der Waals surface area (Å²) in [6, 6.07) is 28.8. The molecule has 0 saturated carbocycles. The first kappa shape index (κ1) is 45.0. The lowest BCUT2D eigenvalue weighted by atomic mass is 9.98. The summed E-state index contributed by atoms with van der Waals surface area (Å²) >= 11 is 0. The van der Waals surface area contributed by atoms with Crippen molar-refractivity contribution in [3.63, 3.8) is 0 Å². The van der Waals surface area contributed by atoms with Gasteiger partial charge in [0.25, 0.3) is 0 Å². The highest BCUT2D eigenvalue weighted by Crippen LogP contribution is 2.45. The van der Waals surface area contributed by atoms with Crippen molar-refractivity contribution in [1.29, 1.82) is 0 Å². The van der Waals surface area contributed by atoms with Crippen molar-refractivity contribution < 1.29 is 57.8 Å². The van der Waals surface area contributed by atoms with E-state index in [2.05, 4.69) is 22.1 Å². The predicted molar refractivity (Wildman–Crippen MR) is 242 cm³/mol. The molecule has 4 heterocycles. The zero-order valence-corrected chi connectivity index (χ0v) is 37.1. The number of rotatable bonds is 10. The van der Waals surface area contributed by atoms with Crippen molar-refractivity contribution in [3.8, 4) is 34.4 Å². The molecule has 0 unspecified atom stereocenters. The number of carboxylic acids is 2. The van der Waals surface area contributed by atoms with Crippen LogP contribution in [0.2, 0.25) is 0 Å². The number of pyridine rings is 2. The van der Waals surface area contributed by atoms with Gasteiger partial charge in [-0.05, 0) is 102 Å². The highest BCUT2D eigenvalue weighted by Gasteiger charge is 2.44. The molecular formula is C50H50N4O12. The predicted octanol–water partition coefficient (Wildman–Crippen LogP) is 8.18. The summed E-state index contributed by atoms with van der Waals surface area (Å²) in [7, 11) is 3.19. The van der Waals surface area contributed by atoms with Crippen molar-refractivity contribution in [2.24, 2.45) is 0 Å². The van der Waals surface area contributed by atoms with Crippen LogP contribution in [0.25, 0.3) is 32.7 Å². The van der Waals surface area contributed by atoms with Crippen LogP contribution in [0.1, 0.15) is 50.7 Å². The minimum atomic E-state index is -1.10. The van der Waals surface area contributed by atoms with E-state index in [4.69, 9.17) is 28.4 Å². The molecule has 0 bridgehead atoms. The number of fused-ring (bicyclic) bond motifs is 5. The molecule has 2 saturated heterocycles. The number of methoxy groups -OCH3 is 2. The summed E-state index contributed by atoms with van der Waals surface area (Å²) in [5, 5.41) is 22.7. The van der Waals surface area contributed by atoms with E-state index in [9.17, 15) is 29.4 Å². The summed E-state index contributed by atoms with van der Waals surface area (Å²) < 4.78 is 33.7. The lowest BCUT2D eigenvalue weighted by Crippen LogP contribution is -2.43. The number of aliphatic carboxylic acids is 2. The highest BCUT2D eigenvalue weighted by molar-refractivity contribution is 5.89. The zero-order chi connectivity index (χ0) is 46.7. The number of likely N-dealkylation sites (tertiary alicyclic amines) is 2. The maximum Gasteiger partial charge on any atom is 0.411 e. The minimum absolute atomic E-state index is 0.0852. The van der Waals surface area contributed by atoms with Crippen LogP contribution in [0.15, 0.2) is 109 Å². The van der Waals surface area contributed by atoms with Crippen molar-refractivity contribution in [1.82, 2.24) is 19.8 Å². The average Bonchev–Trinajstić information content (AvgIpc) is 4.02. The van der Waals surface area contributed by atoms with E-state index >= 15 is 0 Å². The maximum atomic E-state index is 13.2. The van der Waals surface area contributed by atoms with Crippen LogP contribution in [0.4, 0.5) is 9.59 Å². The fourth-order valence-electron chi connectivity index (χ4n) is 8.65. The monoisotopic (exact) mass is 898 g/mol. The number of carbonyl (C=O) groups excluding carboxylic acids is 2. The van der Waals surface area contributed by atoms with Gasteiger partial charge >= 0.3 is 24.1 Å². The Hall–Kier alpha value is -7.62. The van der Waals surface area contributed by atoms with E-state index in [0.717, 1.165) is 43.8 Å². The van der Waals surface area contributed by atoms with Gasteiger partial charge in [0.2, 0.25) is 11.8 Å². The molecule has 2 fully saturated rings. The molecule has 0 radical (unpaired) electrons. The molecule has 2 N–H and O–H groups in total. The second-order valence-corrected chi connectivity index (χ2v) is 17.2. The number of benzene rings is 4. The number of nitrogens with zero attached hydrogens (tertiary/aromatic N) is 4. The van der Waals surface area contributed by atoms with E-state index in [1.165, 1.54) is 9.80 Å². The molecule has 66 heavy (non-hydrogen) atoms. The van der Waals surface area contributed by atoms with Crippen LogP contribution in [0.3, 0.4) is 0 Å². The number of hydrogen-bond acceptors (Lipinski definition) is 12. The number of ether oxygens (including phenoxy) is 6. The quantitative estimate of drug-likeness (QED) is 0.134. The molecule has 6 aromatic rings. The van der Waals surface area contributed by atoms with Crippen LogP contribution in [-0.2, 0) is 19.1 Å². The van der Waals surface area contributed by atoms with Crippen molar-refractivity contribution >= 4 is 45.7 Å². The third-order valence-electron chi connectivity index (χ3n) is 11.7. The van der Waals surface area contributed by atoms with Crippen LogP contribution < -0.4 is 18.9 Å². The van der Waals surface area contributed by atoms with E-state index in [-0.39, 0.29) is 38.5 Å². The first-order chi connectivity index (χ1) is 31.7. The first-order valence-corrected chi connectivity index (χ1v) is 21.5. The van der Waals surface area contributed by atoms with Gasteiger partial charge in [0.1, 0.15) is 48.0 Å². The highest BCUT2D eigenvalue weighted by atomic mass is 16.6. The van der Waals surface area contributed by atoms with Gasteiger partial charge in [0, 0.05) is 41.9 Å². The number of amides is 2. The second-order valence-electron chi connectivity index (χ2n) is 17.2. The van der Waals surface area contributed by atoms with Crippen molar-refractivity contribution in [3.05, 3.63) is 121 Å². The van der Waals surface area contributed by atoms with Crippen LogP contribution in [0, 0.1) is 0 Å². The van der Waals surface area contributed by atoms with E-state index in [0.29, 0.717) is 23.3 Å². The van der Waals surface area contributed by atoms with Crippen molar-refractivity contribution in [2.45, 2.75) is 69.4 Å². The lowest BCUT2D eigenvalue weighted by Gasteiger charge is -2.26. The molecule has 2 amide bonds. The molecule has 1 aliphatic carbocycles. The Morgan fingerprint density at radius 3 is 1.53 bits per heavy atom. The molecule has 16 heteroatoms. The normalized spacial score (nSPS) is 18.7. The molecule has 342 valence electrons. The van der Waals surface area contributed by atoms with Gasteiger partial charge < -0.3 is 38.6 Å². The second kappa shape index (κ2) is 18.8. The zero-order valence-electron chi connectivity index (χ0n) is 37.1. The molecular weight excluding hydrogens is 849 g/mol. The Kier molecular flexibility index (Phi) is 12.8. The van der Waals surface area contributed by atoms with E-state index in [1.54, 1.807) is 53.5 Å². The van der Waals surface area contributed by atoms with Gasteiger partial charge in [0.05, 0.1) is 27.3 Å². The Balaban J connectivity index is 0.000000189. The van der Waals surface area contributed by atoms with Crippen LogP contribution in [-0.4, -0.2) is 118 Å². The number of carboxylic acid groups (broad SMARTS) is 2. The topological polar surface area (TPSA) is 196 Å². The average molecular weight is 899 g/mol. The minimum Gasteiger partial charge on any atom is -0.497 e. The Bertz CT molecular complexity index is 2750. The number of hydrogen-bond donors (Lipinski definition) is 2. The molecule has 9 rings (SSSR count). The van der Waals surface area contributed by atoms with Gasteiger partial charge in [-0.15, -0.1) is 0 Å². The standard InChI is InChI=1S/C30H26N2O6.C20H24N2O6/c1-36-19-10-11-21-18(14-19)12-13-31-28(21)38-20-15-27(29(33)34)32(16-20)30(35)37-17-26-24-8-4-2-6-22(24)23-7-3-5-9-25(23)26;1-20(2,3)28-19(25)22-11-14(10-16(22)18(23)24)27-17-15-6-5-13(26-4)9-12(15)7-8-21-17/h2-14,20,26-27H,15-17H2,1H3,(H,33,34);5-9,14,16H,10-11H2,1-4H3,(H,23,24)/t20-,27+;14-,16+/m11/s1. The summed E-state index contributed by atoms with van der Waals surface area (Å²) in [5.41, 5.74) is 3.73. The smallest absolute Gasteiger partial charge is 0.411 e. The molecule has 16 nitrogen and oxygen atoms in total. The maximum absolute atomic E-state index is 13.2. The van der Waals surface area contributed by atoms with E-state index in [1.807, 2.05) is 78.9 Å². The Morgan fingerprint density at radius 1 is 0.636 bits per heavy atom. The first-order valence-electron chi connectivity index (χ1n) is 21.5. The Morgan fingerprint density at radius 2 is 1.09 bits per heavy atom. The lowest BCUT2D eigenvalue weighted by molar-refractivity contribution is -0.142. The third kappa shape index (κ3) is 9.58. The largest absolute Gasteiger partial charge is 0.497 e. The van der Waals surface area contributed by atoms with Crippen LogP contribution >= 0.6 is 0 Å². The fraction of sp³-hybridized carbons (Fsp3) is 0.320. The molecule has 4 aromatic carbocycles. The molecule has 3 aliphatic rings. The molecule has 2 aliphatic heterocycles. The summed E-state index contributed by atoms with van der Waals surface area (Å²) in [6.07, 6.45) is 1.15. The summed E-state index contributed by atoms with van der Waals surface area (Å²) in [5.74, 6) is -0.0987. The number of carbonyl (C=O) groups is 4. The molecule has 2 aromatic heterocycles. The summed E-state index contributed by atoms with van der Waals surface area (Å²) in [6.45, 7) is 5.52. The van der Waals surface area contributed by atoms with Gasteiger partial charge in [-0.25, -0.2) is 29.1 Å². The number of aromatic nitrogens is 2. The van der Waals surface area contributed by atoms with E-state index < -0.39 is 54.0 Å². The summed E-state index contributed by atoms with van der Waals surface area (Å²) in [4.78, 5) is 60.3. The Labute approximate surface area is 380 Å². The SMILES string of the molecule is COc1ccc2c(O[C@@H]3C[C@@H](C(=O)O)N(C(=O)OC(C)(C)C)C3)nccc2c1.COc1ccc2c(O[C@@H]3C[C@@H](C(=O)O)N(C(=O)OCC4c5ccccc5-c5ccccc54)C3)nccc2c1. The van der Waals surface area contributed by atoms with Gasteiger partial charge in [-0.2, -0.15) is 0 Å². The van der Waals surface area contributed by atoms with Gasteiger partial charge in [-0.1, -0.05) is 48.5 Å².